The van der Waals surface area contributed by atoms with Gasteiger partial charge in [0.25, 0.3) is 5.91 Å². The van der Waals surface area contributed by atoms with Crippen molar-refractivity contribution < 1.29 is 14.7 Å². The Morgan fingerprint density at radius 1 is 1.33 bits per heavy atom. The fourth-order valence-corrected chi connectivity index (χ4v) is 2.36. The Labute approximate surface area is 122 Å². The van der Waals surface area contributed by atoms with Crippen LogP contribution in [0.25, 0.3) is 10.9 Å². The molecule has 1 unspecified atom stereocenters. The number of carbonyl (C=O) groups excluding carboxylic acids is 1. The number of amides is 1. The minimum atomic E-state index is -1.03. The van der Waals surface area contributed by atoms with Crippen molar-refractivity contribution in [2.24, 2.45) is 7.05 Å². The molecule has 2 aromatic rings. The van der Waals surface area contributed by atoms with Crippen LogP contribution in [0.1, 0.15) is 23.0 Å². The summed E-state index contributed by atoms with van der Waals surface area (Å²) in [6.07, 6.45) is 2.47. The van der Waals surface area contributed by atoms with Gasteiger partial charge in [0.1, 0.15) is 0 Å². The predicted octanol–water partition coefficient (Wildman–Crippen LogP) is 2.25. The normalized spacial score (nSPS) is 12.7. The molecule has 0 fully saturated rings. The molecule has 1 atom stereocenters. The molecule has 1 amide bonds. The number of carbonyl (C=O) groups is 2. The first-order valence-electron chi connectivity index (χ1n) is 6.67. The molecule has 0 radical (unpaired) electrons. The standard InChI is InChI=1S/C16H18N2O3/c1-10(8-9-14(19)20)17-16(21)15-11(2)18(3)13-7-5-4-6-12(13)15/h4-10H,1-3H3,(H,17,21)(H,19,20)/b9-8+. The Hall–Kier alpha value is -2.56. The first-order chi connectivity index (χ1) is 9.91. The van der Waals surface area contributed by atoms with Gasteiger partial charge in [-0.25, -0.2) is 4.79 Å². The van der Waals surface area contributed by atoms with E-state index >= 15 is 0 Å². The SMILES string of the molecule is Cc1c(C(=O)NC(C)/C=C/C(=O)O)c2ccccc2n1C. The quantitative estimate of drug-likeness (QED) is 0.847. The molecule has 2 rings (SSSR count). The van der Waals surface area contributed by atoms with Crippen LogP contribution in [0.5, 0.6) is 0 Å². The maximum Gasteiger partial charge on any atom is 0.328 e. The van der Waals surface area contributed by atoms with Crippen molar-refractivity contribution in [2.75, 3.05) is 0 Å². The van der Waals surface area contributed by atoms with Gasteiger partial charge in [0.15, 0.2) is 0 Å². The summed E-state index contributed by atoms with van der Waals surface area (Å²) in [4.78, 5) is 22.9. The van der Waals surface area contributed by atoms with Crippen molar-refractivity contribution >= 4 is 22.8 Å². The number of aryl methyl sites for hydroxylation is 1. The second-order valence-electron chi connectivity index (χ2n) is 5.00. The molecular weight excluding hydrogens is 268 g/mol. The van der Waals surface area contributed by atoms with Gasteiger partial charge in [-0.3, -0.25) is 4.79 Å². The van der Waals surface area contributed by atoms with Gasteiger partial charge in [0, 0.05) is 35.8 Å². The van der Waals surface area contributed by atoms with Gasteiger partial charge in [-0.2, -0.15) is 0 Å². The summed E-state index contributed by atoms with van der Waals surface area (Å²) in [5.74, 6) is -1.23. The third-order valence-corrected chi connectivity index (χ3v) is 3.51. The highest BCUT2D eigenvalue weighted by Crippen LogP contribution is 2.24. The first-order valence-corrected chi connectivity index (χ1v) is 6.67. The lowest BCUT2D eigenvalue weighted by Gasteiger charge is -2.10. The van der Waals surface area contributed by atoms with Crippen molar-refractivity contribution in [1.82, 2.24) is 9.88 Å². The number of nitrogens with zero attached hydrogens (tertiary/aromatic N) is 1. The molecule has 2 N–H and O–H groups in total. The zero-order chi connectivity index (χ0) is 15.6. The molecule has 0 saturated heterocycles. The van der Waals surface area contributed by atoms with Crippen LogP contribution in [0.2, 0.25) is 0 Å². The summed E-state index contributed by atoms with van der Waals surface area (Å²) in [5, 5.41) is 12.3. The van der Waals surface area contributed by atoms with Crippen molar-refractivity contribution in [3.05, 3.63) is 47.7 Å². The molecule has 21 heavy (non-hydrogen) atoms. The van der Waals surface area contributed by atoms with E-state index < -0.39 is 5.97 Å². The first kappa shape index (κ1) is 14.8. The minimum Gasteiger partial charge on any atom is -0.478 e. The van der Waals surface area contributed by atoms with Crippen molar-refractivity contribution in [3.8, 4) is 0 Å². The molecule has 0 aliphatic carbocycles. The highest BCUT2D eigenvalue weighted by Gasteiger charge is 2.18. The molecule has 5 heteroatoms. The zero-order valence-electron chi connectivity index (χ0n) is 12.3. The molecule has 0 aliphatic rings. The van der Waals surface area contributed by atoms with Crippen LogP contribution in [0.15, 0.2) is 36.4 Å². The number of fused-ring (bicyclic) bond motifs is 1. The van der Waals surface area contributed by atoms with E-state index in [1.807, 2.05) is 42.8 Å². The van der Waals surface area contributed by atoms with Gasteiger partial charge in [-0.1, -0.05) is 24.3 Å². The van der Waals surface area contributed by atoms with E-state index in [-0.39, 0.29) is 11.9 Å². The zero-order valence-corrected chi connectivity index (χ0v) is 12.3. The summed E-state index contributed by atoms with van der Waals surface area (Å²) in [5.41, 5.74) is 2.50. The Morgan fingerprint density at radius 2 is 2.00 bits per heavy atom. The number of hydrogen-bond donors (Lipinski definition) is 2. The van der Waals surface area contributed by atoms with E-state index in [1.165, 1.54) is 6.08 Å². The van der Waals surface area contributed by atoms with Crippen LogP contribution in [-0.4, -0.2) is 27.6 Å². The van der Waals surface area contributed by atoms with Gasteiger partial charge in [-0.05, 0) is 19.9 Å². The number of carboxylic acids is 1. The van der Waals surface area contributed by atoms with Crippen LogP contribution >= 0.6 is 0 Å². The summed E-state index contributed by atoms with van der Waals surface area (Å²) in [6, 6.07) is 7.35. The fourth-order valence-electron chi connectivity index (χ4n) is 2.36. The molecule has 0 spiro atoms. The Morgan fingerprint density at radius 3 is 2.67 bits per heavy atom. The van der Waals surface area contributed by atoms with E-state index in [1.54, 1.807) is 6.92 Å². The Balaban J connectivity index is 2.32. The lowest BCUT2D eigenvalue weighted by Crippen LogP contribution is -2.31. The largest absolute Gasteiger partial charge is 0.478 e. The van der Waals surface area contributed by atoms with E-state index in [0.717, 1.165) is 22.7 Å². The van der Waals surface area contributed by atoms with Crippen LogP contribution in [0, 0.1) is 6.92 Å². The minimum absolute atomic E-state index is 0.202. The molecule has 1 aromatic heterocycles. The van der Waals surface area contributed by atoms with Gasteiger partial charge in [0.05, 0.1) is 5.56 Å². The number of rotatable bonds is 4. The van der Waals surface area contributed by atoms with Crippen molar-refractivity contribution in [1.29, 1.82) is 0 Å². The number of hydrogen-bond acceptors (Lipinski definition) is 2. The topological polar surface area (TPSA) is 71.3 Å². The molecular formula is C16H18N2O3. The predicted molar refractivity (Wildman–Crippen MR) is 81.4 cm³/mol. The second-order valence-corrected chi connectivity index (χ2v) is 5.00. The Bertz CT molecular complexity index is 728. The third-order valence-electron chi connectivity index (χ3n) is 3.51. The van der Waals surface area contributed by atoms with Crippen LogP contribution in [0.3, 0.4) is 0 Å². The summed E-state index contributed by atoms with van der Waals surface area (Å²) >= 11 is 0. The van der Waals surface area contributed by atoms with Gasteiger partial charge in [-0.15, -0.1) is 0 Å². The lowest BCUT2D eigenvalue weighted by molar-refractivity contribution is -0.131. The molecule has 5 nitrogen and oxygen atoms in total. The van der Waals surface area contributed by atoms with Crippen LogP contribution in [0.4, 0.5) is 0 Å². The number of aliphatic carboxylic acids is 1. The average Bonchev–Trinajstić information content (AvgIpc) is 2.69. The highest BCUT2D eigenvalue weighted by molar-refractivity contribution is 6.08. The van der Waals surface area contributed by atoms with Crippen molar-refractivity contribution in [2.45, 2.75) is 19.9 Å². The number of benzene rings is 1. The molecule has 1 heterocycles. The monoisotopic (exact) mass is 286 g/mol. The Kier molecular flexibility index (Phi) is 4.12. The van der Waals surface area contributed by atoms with Crippen molar-refractivity contribution in [3.63, 3.8) is 0 Å². The van der Waals surface area contributed by atoms with E-state index in [0.29, 0.717) is 5.56 Å². The maximum absolute atomic E-state index is 12.4. The molecule has 0 aliphatic heterocycles. The van der Waals surface area contributed by atoms with Gasteiger partial charge >= 0.3 is 5.97 Å². The fraction of sp³-hybridized carbons (Fsp3) is 0.250. The number of carboxylic acid groups (broad SMARTS) is 1. The van der Waals surface area contributed by atoms with Crippen LogP contribution < -0.4 is 5.32 Å². The van der Waals surface area contributed by atoms with Gasteiger partial charge < -0.3 is 15.0 Å². The smallest absolute Gasteiger partial charge is 0.328 e. The number of aromatic nitrogens is 1. The molecule has 0 bridgehead atoms. The molecule has 0 saturated carbocycles. The third kappa shape index (κ3) is 2.97. The summed E-state index contributed by atoms with van der Waals surface area (Å²) in [6.45, 7) is 3.63. The second kappa shape index (κ2) is 5.83. The summed E-state index contributed by atoms with van der Waals surface area (Å²) in [7, 11) is 1.92. The molecule has 1 aromatic carbocycles. The van der Waals surface area contributed by atoms with E-state index in [4.69, 9.17) is 5.11 Å². The van der Waals surface area contributed by atoms with E-state index in [9.17, 15) is 9.59 Å². The van der Waals surface area contributed by atoms with Crippen LogP contribution in [-0.2, 0) is 11.8 Å². The molecule has 110 valence electrons. The summed E-state index contributed by atoms with van der Waals surface area (Å²) < 4.78 is 1.97. The number of para-hydroxylation sites is 1. The lowest BCUT2D eigenvalue weighted by atomic mass is 10.1. The number of nitrogens with one attached hydrogen (secondary N) is 1. The maximum atomic E-state index is 12.4. The van der Waals surface area contributed by atoms with Gasteiger partial charge in [0.2, 0.25) is 0 Å². The van der Waals surface area contributed by atoms with E-state index in [2.05, 4.69) is 5.32 Å². The average molecular weight is 286 g/mol. The highest BCUT2D eigenvalue weighted by atomic mass is 16.4.